The maximum absolute atomic E-state index is 13.1. The van der Waals surface area contributed by atoms with Gasteiger partial charge in [-0.15, -0.1) is 11.3 Å². The number of hydrogen-bond donors (Lipinski definition) is 0. The molecule has 5 rings (SSSR count). The molecule has 2 aromatic carbocycles. The highest BCUT2D eigenvalue weighted by molar-refractivity contribution is 7.15. The molecule has 34 heavy (non-hydrogen) atoms. The lowest BCUT2D eigenvalue weighted by Crippen LogP contribution is -2.39. The smallest absolute Gasteiger partial charge is 0.228 e. The van der Waals surface area contributed by atoms with Gasteiger partial charge in [0.1, 0.15) is 11.5 Å². The SMILES string of the molecule is COc1ccc(OC)c(-c2cn3c(CC(=O)N4CCC(Cc5ccccc5)CC4)csc3n2)c1. The number of aromatic nitrogens is 2. The van der Waals surface area contributed by atoms with E-state index in [0.717, 1.165) is 65.8 Å². The van der Waals surface area contributed by atoms with E-state index in [4.69, 9.17) is 14.5 Å². The average molecular weight is 476 g/mol. The summed E-state index contributed by atoms with van der Waals surface area (Å²) >= 11 is 1.55. The van der Waals surface area contributed by atoms with Crippen LogP contribution in [0.5, 0.6) is 11.5 Å². The van der Waals surface area contributed by atoms with E-state index in [0.29, 0.717) is 12.3 Å². The number of methoxy groups -OCH3 is 2. The maximum Gasteiger partial charge on any atom is 0.228 e. The predicted molar refractivity (Wildman–Crippen MR) is 135 cm³/mol. The van der Waals surface area contributed by atoms with Crippen LogP contribution in [0.3, 0.4) is 0 Å². The Kier molecular flexibility index (Phi) is 6.54. The minimum Gasteiger partial charge on any atom is -0.497 e. The average Bonchev–Trinajstić information content (AvgIpc) is 3.46. The van der Waals surface area contributed by atoms with Gasteiger partial charge < -0.3 is 14.4 Å². The van der Waals surface area contributed by atoms with Crippen LogP contribution in [0.2, 0.25) is 0 Å². The number of amides is 1. The maximum atomic E-state index is 13.1. The fraction of sp³-hybridized carbons (Fsp3) is 0.333. The molecular weight excluding hydrogens is 446 g/mol. The van der Waals surface area contributed by atoms with E-state index in [9.17, 15) is 4.79 Å². The van der Waals surface area contributed by atoms with Crippen molar-refractivity contribution in [1.82, 2.24) is 14.3 Å². The number of benzene rings is 2. The van der Waals surface area contributed by atoms with Gasteiger partial charge in [0.15, 0.2) is 4.96 Å². The molecule has 0 spiro atoms. The normalized spacial score (nSPS) is 14.5. The van der Waals surface area contributed by atoms with Crippen molar-refractivity contribution < 1.29 is 14.3 Å². The number of nitrogens with zero attached hydrogens (tertiary/aromatic N) is 3. The summed E-state index contributed by atoms with van der Waals surface area (Å²) < 4.78 is 12.9. The highest BCUT2D eigenvalue weighted by Gasteiger charge is 2.24. The van der Waals surface area contributed by atoms with Crippen LogP contribution in [0.15, 0.2) is 60.1 Å². The van der Waals surface area contributed by atoms with Crippen molar-refractivity contribution >= 4 is 22.2 Å². The minimum atomic E-state index is 0.187. The third kappa shape index (κ3) is 4.66. The van der Waals surface area contributed by atoms with Crippen molar-refractivity contribution in [3.63, 3.8) is 0 Å². The highest BCUT2D eigenvalue weighted by atomic mass is 32.1. The van der Waals surface area contributed by atoms with E-state index >= 15 is 0 Å². The molecule has 2 aromatic heterocycles. The van der Waals surface area contributed by atoms with E-state index in [-0.39, 0.29) is 5.91 Å². The molecular formula is C27H29N3O3S. The zero-order valence-electron chi connectivity index (χ0n) is 19.6. The Balaban J connectivity index is 1.26. The summed E-state index contributed by atoms with van der Waals surface area (Å²) in [6.45, 7) is 1.67. The first-order valence-electron chi connectivity index (χ1n) is 11.6. The largest absolute Gasteiger partial charge is 0.497 e. The van der Waals surface area contributed by atoms with Gasteiger partial charge in [0, 0.05) is 35.9 Å². The van der Waals surface area contributed by atoms with Gasteiger partial charge >= 0.3 is 0 Å². The van der Waals surface area contributed by atoms with Crippen LogP contribution in [0.25, 0.3) is 16.2 Å². The molecule has 0 atom stereocenters. The molecule has 4 aromatic rings. The summed E-state index contributed by atoms with van der Waals surface area (Å²) in [7, 11) is 3.29. The predicted octanol–water partition coefficient (Wildman–Crippen LogP) is 5.10. The van der Waals surface area contributed by atoms with Crippen molar-refractivity contribution in [2.24, 2.45) is 5.92 Å². The third-order valence-corrected chi connectivity index (χ3v) is 7.52. The second-order valence-electron chi connectivity index (χ2n) is 8.76. The highest BCUT2D eigenvalue weighted by Crippen LogP contribution is 2.34. The first-order chi connectivity index (χ1) is 16.6. The fourth-order valence-corrected chi connectivity index (χ4v) is 5.57. The summed E-state index contributed by atoms with van der Waals surface area (Å²) in [5, 5.41) is 2.04. The lowest BCUT2D eigenvalue weighted by molar-refractivity contribution is -0.131. The number of carbonyl (C=O) groups is 1. The molecule has 1 saturated heterocycles. The van der Waals surface area contributed by atoms with Gasteiger partial charge in [0.05, 0.1) is 26.3 Å². The summed E-state index contributed by atoms with van der Waals surface area (Å²) in [6, 6.07) is 16.3. The van der Waals surface area contributed by atoms with E-state index < -0.39 is 0 Å². The number of imidazole rings is 1. The monoisotopic (exact) mass is 475 g/mol. The number of likely N-dealkylation sites (tertiary alicyclic amines) is 1. The van der Waals surface area contributed by atoms with Gasteiger partial charge in [-0.3, -0.25) is 9.20 Å². The molecule has 1 aliphatic rings. The Morgan fingerprint density at radius 3 is 2.62 bits per heavy atom. The van der Waals surface area contributed by atoms with E-state index in [1.54, 1.807) is 25.6 Å². The molecule has 176 valence electrons. The van der Waals surface area contributed by atoms with Gasteiger partial charge in [-0.1, -0.05) is 30.3 Å². The van der Waals surface area contributed by atoms with Crippen LogP contribution in [-0.4, -0.2) is 47.5 Å². The van der Waals surface area contributed by atoms with Crippen LogP contribution in [0.4, 0.5) is 0 Å². The number of carbonyl (C=O) groups excluding carboxylic acids is 1. The van der Waals surface area contributed by atoms with Crippen molar-refractivity contribution in [2.75, 3.05) is 27.3 Å². The van der Waals surface area contributed by atoms with Gasteiger partial charge in [-0.2, -0.15) is 0 Å². The number of fused-ring (bicyclic) bond motifs is 1. The van der Waals surface area contributed by atoms with Gasteiger partial charge in [-0.05, 0) is 48.9 Å². The zero-order chi connectivity index (χ0) is 23.5. The van der Waals surface area contributed by atoms with Crippen LogP contribution in [-0.2, 0) is 17.6 Å². The Labute approximate surface area is 203 Å². The second kappa shape index (κ2) is 9.89. The van der Waals surface area contributed by atoms with Crippen LogP contribution >= 0.6 is 11.3 Å². The van der Waals surface area contributed by atoms with Crippen molar-refractivity contribution in [3.8, 4) is 22.8 Å². The fourth-order valence-electron chi connectivity index (χ4n) is 4.70. The number of thiazole rings is 1. The van der Waals surface area contributed by atoms with Crippen molar-refractivity contribution in [3.05, 3.63) is 71.4 Å². The van der Waals surface area contributed by atoms with E-state index in [1.807, 2.05) is 39.1 Å². The van der Waals surface area contributed by atoms with Crippen LogP contribution in [0.1, 0.15) is 24.1 Å². The topological polar surface area (TPSA) is 56.1 Å². The van der Waals surface area contributed by atoms with Crippen molar-refractivity contribution in [1.29, 1.82) is 0 Å². The lowest BCUT2D eigenvalue weighted by Gasteiger charge is -2.32. The summed E-state index contributed by atoms with van der Waals surface area (Å²) in [5.41, 5.74) is 4.03. The molecule has 0 N–H and O–H groups in total. The molecule has 0 unspecified atom stereocenters. The molecule has 0 saturated carbocycles. The van der Waals surface area contributed by atoms with Gasteiger partial charge in [0.25, 0.3) is 0 Å². The number of rotatable bonds is 7. The quantitative estimate of drug-likeness (QED) is 0.373. The number of hydrogen-bond acceptors (Lipinski definition) is 5. The van der Waals surface area contributed by atoms with Gasteiger partial charge in [0.2, 0.25) is 5.91 Å². The molecule has 0 radical (unpaired) electrons. The third-order valence-electron chi connectivity index (χ3n) is 6.63. The second-order valence-corrected chi connectivity index (χ2v) is 9.60. The van der Waals surface area contributed by atoms with E-state index in [2.05, 4.69) is 30.3 Å². The Bertz CT molecular complexity index is 1270. The molecule has 3 heterocycles. The molecule has 6 nitrogen and oxygen atoms in total. The first-order valence-corrected chi connectivity index (χ1v) is 12.5. The first kappa shape index (κ1) is 22.5. The lowest BCUT2D eigenvalue weighted by atomic mass is 9.90. The summed E-state index contributed by atoms with van der Waals surface area (Å²) in [4.78, 5) is 20.8. The molecule has 7 heteroatoms. The molecule has 0 aliphatic carbocycles. The molecule has 1 amide bonds. The van der Waals surface area contributed by atoms with Crippen molar-refractivity contribution in [2.45, 2.75) is 25.7 Å². The summed E-state index contributed by atoms with van der Waals surface area (Å²) in [5.74, 6) is 2.32. The van der Waals surface area contributed by atoms with Crippen LogP contribution in [0, 0.1) is 5.92 Å². The molecule has 1 fully saturated rings. The Morgan fingerprint density at radius 1 is 1.09 bits per heavy atom. The van der Waals surface area contributed by atoms with E-state index in [1.165, 1.54) is 5.56 Å². The standard InChI is InChI=1S/C27H29N3O3S/c1-32-22-8-9-25(33-2)23(16-22)24-17-30-21(18-34-27(30)28-24)15-26(31)29-12-10-20(11-13-29)14-19-6-4-3-5-7-19/h3-9,16-18,20H,10-15H2,1-2H3. The van der Waals surface area contributed by atoms with Gasteiger partial charge in [-0.25, -0.2) is 4.98 Å². The zero-order valence-corrected chi connectivity index (χ0v) is 20.4. The Hall–Kier alpha value is -3.32. The molecule has 0 bridgehead atoms. The number of ether oxygens (including phenoxy) is 2. The Morgan fingerprint density at radius 2 is 1.88 bits per heavy atom. The minimum absolute atomic E-state index is 0.187. The summed E-state index contributed by atoms with van der Waals surface area (Å²) in [6.07, 6.45) is 5.58. The van der Waals surface area contributed by atoms with Crippen LogP contribution < -0.4 is 9.47 Å². The molecule has 1 aliphatic heterocycles. The number of piperidine rings is 1.